The number of aromatic nitrogens is 3. The van der Waals surface area contributed by atoms with Crippen LogP contribution in [-0.4, -0.2) is 62.7 Å². The van der Waals surface area contributed by atoms with Crippen molar-refractivity contribution >= 4 is 11.9 Å². The minimum atomic E-state index is -0.207. The van der Waals surface area contributed by atoms with Crippen LogP contribution in [0.15, 0.2) is 30.6 Å². The van der Waals surface area contributed by atoms with E-state index < -0.39 is 0 Å². The average molecular weight is 370 g/mol. The van der Waals surface area contributed by atoms with Crippen molar-refractivity contribution in [2.75, 3.05) is 26.2 Å². The lowest BCUT2D eigenvalue weighted by atomic mass is 10.1. The van der Waals surface area contributed by atoms with Gasteiger partial charge in [0, 0.05) is 39.1 Å². The highest BCUT2D eigenvalue weighted by Crippen LogP contribution is 2.11. The van der Waals surface area contributed by atoms with E-state index in [1.54, 1.807) is 11.2 Å². The Kier molecular flexibility index (Phi) is 6.05. The summed E-state index contributed by atoms with van der Waals surface area (Å²) in [5, 5.41) is 10.8. The van der Waals surface area contributed by atoms with Gasteiger partial charge in [-0.25, -0.2) is 4.79 Å². The number of rotatable bonds is 6. The molecule has 8 nitrogen and oxygen atoms in total. The van der Waals surface area contributed by atoms with Gasteiger partial charge < -0.3 is 19.7 Å². The molecule has 1 N–H and O–H groups in total. The predicted molar refractivity (Wildman–Crippen MR) is 101 cm³/mol. The Balaban J connectivity index is 1.45. The second-order valence-corrected chi connectivity index (χ2v) is 6.74. The van der Waals surface area contributed by atoms with Gasteiger partial charge in [-0.1, -0.05) is 29.8 Å². The minimum Gasteiger partial charge on any atom is -0.338 e. The molecule has 0 saturated carbocycles. The van der Waals surface area contributed by atoms with E-state index in [0.29, 0.717) is 32.6 Å². The quantitative estimate of drug-likeness (QED) is 0.828. The summed E-state index contributed by atoms with van der Waals surface area (Å²) < 4.78 is 1.94. The summed E-state index contributed by atoms with van der Waals surface area (Å²) >= 11 is 0. The average Bonchev–Trinajstić information content (AvgIpc) is 3.11. The van der Waals surface area contributed by atoms with Crippen molar-refractivity contribution in [3.8, 4) is 0 Å². The van der Waals surface area contributed by atoms with Crippen LogP contribution in [0, 0.1) is 6.92 Å². The maximum absolute atomic E-state index is 12.4. The molecule has 2 aromatic rings. The summed E-state index contributed by atoms with van der Waals surface area (Å²) in [6.07, 6.45) is 2.30. The van der Waals surface area contributed by atoms with E-state index in [1.807, 2.05) is 41.5 Å². The third kappa shape index (κ3) is 4.84. The number of carbonyl (C=O) groups is 2. The number of benzene rings is 1. The highest BCUT2D eigenvalue weighted by atomic mass is 16.2. The molecule has 27 heavy (non-hydrogen) atoms. The van der Waals surface area contributed by atoms with Crippen LogP contribution in [0.2, 0.25) is 0 Å². The molecule has 1 aromatic heterocycles. The van der Waals surface area contributed by atoms with E-state index in [1.165, 1.54) is 5.56 Å². The molecule has 0 atom stereocenters. The van der Waals surface area contributed by atoms with Gasteiger partial charge in [0.1, 0.15) is 18.7 Å². The Morgan fingerprint density at radius 3 is 2.89 bits per heavy atom. The zero-order chi connectivity index (χ0) is 19.2. The van der Waals surface area contributed by atoms with Gasteiger partial charge in [-0.05, 0) is 19.4 Å². The fraction of sp³-hybridized carbons (Fsp3) is 0.474. The Labute approximate surface area is 159 Å². The Hall–Kier alpha value is -2.90. The molecule has 0 spiro atoms. The van der Waals surface area contributed by atoms with Gasteiger partial charge in [0.05, 0.1) is 0 Å². The molecule has 0 radical (unpaired) electrons. The van der Waals surface area contributed by atoms with Crippen LogP contribution in [0.3, 0.4) is 0 Å². The summed E-state index contributed by atoms with van der Waals surface area (Å²) in [6, 6.07) is 7.94. The smallest absolute Gasteiger partial charge is 0.317 e. The largest absolute Gasteiger partial charge is 0.338 e. The number of amides is 3. The Morgan fingerprint density at radius 1 is 1.30 bits per heavy atom. The first-order chi connectivity index (χ1) is 13.1. The summed E-state index contributed by atoms with van der Waals surface area (Å²) in [7, 11) is 0. The fourth-order valence-electron chi connectivity index (χ4n) is 3.21. The highest BCUT2D eigenvalue weighted by molar-refractivity contribution is 5.85. The molecule has 1 fully saturated rings. The molecule has 144 valence electrons. The van der Waals surface area contributed by atoms with Crippen molar-refractivity contribution in [1.29, 1.82) is 0 Å². The van der Waals surface area contributed by atoms with Gasteiger partial charge in [-0.3, -0.25) is 4.79 Å². The predicted octanol–water partition coefficient (Wildman–Crippen LogP) is 1.20. The first-order valence-electron chi connectivity index (χ1n) is 9.29. The summed E-state index contributed by atoms with van der Waals surface area (Å²) in [5.41, 5.74) is 2.29. The number of carbonyl (C=O) groups excluding carboxylic acids is 2. The molecular formula is C19H26N6O2. The van der Waals surface area contributed by atoms with E-state index in [0.717, 1.165) is 17.9 Å². The van der Waals surface area contributed by atoms with Crippen LogP contribution in [0.25, 0.3) is 0 Å². The lowest BCUT2D eigenvalue weighted by molar-refractivity contribution is -0.135. The number of hydrogen-bond donors (Lipinski definition) is 1. The van der Waals surface area contributed by atoms with Crippen molar-refractivity contribution in [2.45, 2.75) is 33.4 Å². The number of aryl methyl sites for hydroxylation is 2. The maximum Gasteiger partial charge on any atom is 0.317 e. The SMILES string of the molecule is CCn1cnnc1CCNC(=O)N1CCN(Cc2cccc(C)c2)C(=O)C1. The van der Waals surface area contributed by atoms with Crippen LogP contribution in [0.5, 0.6) is 0 Å². The standard InChI is InChI=1S/C19H26N6O2/c1-3-23-14-21-22-17(23)7-8-20-19(27)25-10-9-24(18(26)13-25)12-16-6-4-5-15(2)11-16/h4-6,11,14H,3,7-10,12-13H2,1-2H3,(H,20,27). The number of piperazine rings is 1. The van der Waals surface area contributed by atoms with Crippen molar-refractivity contribution in [3.05, 3.63) is 47.5 Å². The molecule has 2 heterocycles. The van der Waals surface area contributed by atoms with Crippen LogP contribution in [0.4, 0.5) is 4.79 Å². The summed E-state index contributed by atoms with van der Waals surface area (Å²) in [5.74, 6) is 0.820. The van der Waals surface area contributed by atoms with E-state index in [-0.39, 0.29) is 18.5 Å². The lowest BCUT2D eigenvalue weighted by Crippen LogP contribution is -2.54. The number of nitrogens with zero attached hydrogens (tertiary/aromatic N) is 5. The van der Waals surface area contributed by atoms with Gasteiger partial charge in [-0.2, -0.15) is 0 Å². The minimum absolute atomic E-state index is 0.0244. The summed E-state index contributed by atoms with van der Waals surface area (Å²) in [4.78, 5) is 28.1. The fourth-order valence-corrected chi connectivity index (χ4v) is 3.21. The zero-order valence-electron chi connectivity index (χ0n) is 15.9. The van der Waals surface area contributed by atoms with Gasteiger partial charge in [0.15, 0.2) is 0 Å². The van der Waals surface area contributed by atoms with E-state index >= 15 is 0 Å². The van der Waals surface area contributed by atoms with Crippen LogP contribution < -0.4 is 5.32 Å². The third-order valence-electron chi connectivity index (χ3n) is 4.72. The normalized spacial score (nSPS) is 14.5. The van der Waals surface area contributed by atoms with Crippen molar-refractivity contribution in [2.24, 2.45) is 0 Å². The van der Waals surface area contributed by atoms with Crippen LogP contribution >= 0.6 is 0 Å². The molecule has 0 bridgehead atoms. The molecular weight excluding hydrogens is 344 g/mol. The van der Waals surface area contributed by atoms with Gasteiger partial charge in [0.2, 0.25) is 5.91 Å². The summed E-state index contributed by atoms with van der Waals surface area (Å²) in [6.45, 7) is 7.11. The van der Waals surface area contributed by atoms with E-state index in [9.17, 15) is 9.59 Å². The van der Waals surface area contributed by atoms with Crippen LogP contribution in [-0.2, 0) is 24.3 Å². The first-order valence-corrected chi connectivity index (χ1v) is 9.29. The van der Waals surface area contributed by atoms with E-state index in [4.69, 9.17) is 0 Å². The maximum atomic E-state index is 12.4. The molecule has 0 aliphatic carbocycles. The Bertz CT molecular complexity index is 803. The molecule has 3 amide bonds. The number of urea groups is 1. The van der Waals surface area contributed by atoms with Crippen LogP contribution in [0.1, 0.15) is 23.9 Å². The molecule has 1 aliphatic rings. The highest BCUT2D eigenvalue weighted by Gasteiger charge is 2.27. The zero-order valence-corrected chi connectivity index (χ0v) is 15.9. The second kappa shape index (κ2) is 8.66. The number of nitrogens with one attached hydrogen (secondary N) is 1. The third-order valence-corrected chi connectivity index (χ3v) is 4.72. The van der Waals surface area contributed by atoms with Gasteiger partial charge >= 0.3 is 6.03 Å². The lowest BCUT2D eigenvalue weighted by Gasteiger charge is -2.34. The molecule has 1 saturated heterocycles. The Morgan fingerprint density at radius 2 is 2.15 bits per heavy atom. The second-order valence-electron chi connectivity index (χ2n) is 6.74. The van der Waals surface area contributed by atoms with Gasteiger partial charge in [0.25, 0.3) is 0 Å². The van der Waals surface area contributed by atoms with Crippen molar-refractivity contribution in [3.63, 3.8) is 0 Å². The first kappa shape index (κ1) is 18.9. The molecule has 8 heteroatoms. The molecule has 0 unspecified atom stereocenters. The van der Waals surface area contributed by atoms with Gasteiger partial charge in [-0.15, -0.1) is 10.2 Å². The molecule has 1 aliphatic heterocycles. The van der Waals surface area contributed by atoms with Crippen molar-refractivity contribution < 1.29 is 9.59 Å². The van der Waals surface area contributed by atoms with Crippen molar-refractivity contribution in [1.82, 2.24) is 29.9 Å². The monoisotopic (exact) mass is 370 g/mol. The topological polar surface area (TPSA) is 83.4 Å². The number of hydrogen-bond acceptors (Lipinski definition) is 4. The molecule has 3 rings (SSSR count). The van der Waals surface area contributed by atoms with E-state index in [2.05, 4.69) is 21.6 Å². The molecule has 1 aromatic carbocycles.